The van der Waals surface area contributed by atoms with Crippen molar-refractivity contribution < 1.29 is 14.3 Å². The number of hydrogen-bond acceptors (Lipinski definition) is 3. The van der Waals surface area contributed by atoms with Gasteiger partial charge in [-0.15, -0.1) is 0 Å². The van der Waals surface area contributed by atoms with E-state index in [1.54, 1.807) is 0 Å². The van der Waals surface area contributed by atoms with Crippen molar-refractivity contribution in [3.63, 3.8) is 0 Å². The van der Waals surface area contributed by atoms with Gasteiger partial charge in [-0.05, 0) is 49.9 Å². The molecule has 0 atom stereocenters. The zero-order chi connectivity index (χ0) is 13.6. The lowest BCUT2D eigenvalue weighted by atomic mass is 10.0. The SMILES string of the molecule is Cc1ccc(-c2nc(C3(C(=O)O)CC3)co2)cc1C. The molecule has 4 nitrogen and oxygen atoms in total. The maximum atomic E-state index is 11.2. The molecule has 3 rings (SSSR count). The standard InChI is InChI=1S/C15H15NO3/c1-9-3-4-11(7-10(9)2)13-16-12(8-19-13)15(5-6-15)14(17)18/h3-4,7-8H,5-6H2,1-2H3,(H,17,18). The molecule has 1 aromatic carbocycles. The Morgan fingerprint density at radius 3 is 2.63 bits per heavy atom. The third-order valence-corrected chi connectivity index (χ3v) is 3.91. The molecule has 0 radical (unpaired) electrons. The lowest BCUT2D eigenvalue weighted by molar-refractivity contribution is -0.140. The van der Waals surface area contributed by atoms with Crippen molar-refractivity contribution in [1.82, 2.24) is 4.98 Å². The molecule has 0 bridgehead atoms. The number of carbonyl (C=O) groups is 1. The van der Waals surface area contributed by atoms with Crippen LogP contribution in [0.15, 0.2) is 28.9 Å². The molecule has 1 N–H and O–H groups in total. The van der Waals surface area contributed by atoms with Gasteiger partial charge in [0.2, 0.25) is 5.89 Å². The van der Waals surface area contributed by atoms with E-state index in [1.165, 1.54) is 11.8 Å². The highest BCUT2D eigenvalue weighted by Gasteiger charge is 2.54. The van der Waals surface area contributed by atoms with Crippen molar-refractivity contribution in [2.24, 2.45) is 0 Å². The summed E-state index contributed by atoms with van der Waals surface area (Å²) in [6.07, 6.45) is 2.76. The Hall–Kier alpha value is -2.10. The van der Waals surface area contributed by atoms with Gasteiger partial charge in [0.25, 0.3) is 0 Å². The van der Waals surface area contributed by atoms with Crippen LogP contribution in [0.5, 0.6) is 0 Å². The number of aliphatic carboxylic acids is 1. The van der Waals surface area contributed by atoms with Crippen molar-refractivity contribution in [3.8, 4) is 11.5 Å². The summed E-state index contributed by atoms with van der Waals surface area (Å²) in [5.41, 5.74) is 2.99. The van der Waals surface area contributed by atoms with Gasteiger partial charge in [0.15, 0.2) is 0 Å². The van der Waals surface area contributed by atoms with Crippen LogP contribution >= 0.6 is 0 Å². The molecule has 0 unspecified atom stereocenters. The van der Waals surface area contributed by atoms with Crippen molar-refractivity contribution in [1.29, 1.82) is 0 Å². The maximum Gasteiger partial charge on any atom is 0.315 e. The van der Waals surface area contributed by atoms with E-state index >= 15 is 0 Å². The molecule has 1 aliphatic rings. The monoisotopic (exact) mass is 257 g/mol. The fourth-order valence-corrected chi connectivity index (χ4v) is 2.21. The van der Waals surface area contributed by atoms with E-state index < -0.39 is 11.4 Å². The predicted molar refractivity (Wildman–Crippen MR) is 70.0 cm³/mol. The molecule has 0 spiro atoms. The molecule has 1 aromatic heterocycles. The summed E-state index contributed by atoms with van der Waals surface area (Å²) in [6, 6.07) is 5.96. The van der Waals surface area contributed by atoms with E-state index in [1.807, 2.05) is 32.0 Å². The first-order valence-electron chi connectivity index (χ1n) is 6.30. The van der Waals surface area contributed by atoms with E-state index in [0.29, 0.717) is 24.4 Å². The Labute approximate surface area is 111 Å². The van der Waals surface area contributed by atoms with Gasteiger partial charge in [-0.3, -0.25) is 4.79 Å². The fraction of sp³-hybridized carbons (Fsp3) is 0.333. The zero-order valence-electron chi connectivity index (χ0n) is 10.9. The third-order valence-electron chi connectivity index (χ3n) is 3.91. The molecule has 1 saturated carbocycles. The Morgan fingerprint density at radius 1 is 1.32 bits per heavy atom. The Bertz CT molecular complexity index is 653. The van der Waals surface area contributed by atoms with Gasteiger partial charge in [-0.1, -0.05) is 6.07 Å². The summed E-state index contributed by atoms with van der Waals surface area (Å²) in [6.45, 7) is 4.08. The maximum absolute atomic E-state index is 11.2. The van der Waals surface area contributed by atoms with Gasteiger partial charge in [-0.2, -0.15) is 0 Å². The number of hydrogen-bond donors (Lipinski definition) is 1. The summed E-state index contributed by atoms with van der Waals surface area (Å²) in [5, 5.41) is 9.24. The van der Waals surface area contributed by atoms with Gasteiger partial charge in [-0.25, -0.2) is 4.98 Å². The highest BCUT2D eigenvalue weighted by Crippen LogP contribution is 2.48. The van der Waals surface area contributed by atoms with Crippen LogP contribution in [0.1, 0.15) is 29.7 Å². The number of rotatable bonds is 3. The van der Waals surface area contributed by atoms with E-state index in [2.05, 4.69) is 4.98 Å². The van der Waals surface area contributed by atoms with Crippen molar-refractivity contribution in [2.45, 2.75) is 32.1 Å². The number of carboxylic acid groups (broad SMARTS) is 1. The van der Waals surface area contributed by atoms with Crippen molar-refractivity contribution in [3.05, 3.63) is 41.3 Å². The van der Waals surface area contributed by atoms with Crippen LogP contribution in [-0.4, -0.2) is 16.1 Å². The molecule has 0 saturated heterocycles. The largest absolute Gasteiger partial charge is 0.481 e. The van der Waals surface area contributed by atoms with Crippen LogP contribution in [0.2, 0.25) is 0 Å². The highest BCUT2D eigenvalue weighted by molar-refractivity contribution is 5.84. The molecular weight excluding hydrogens is 242 g/mol. The Morgan fingerprint density at radius 2 is 2.05 bits per heavy atom. The molecule has 98 valence electrons. The second kappa shape index (κ2) is 3.95. The normalized spacial score (nSPS) is 16.3. The molecule has 19 heavy (non-hydrogen) atoms. The smallest absolute Gasteiger partial charge is 0.315 e. The average molecular weight is 257 g/mol. The lowest BCUT2D eigenvalue weighted by Gasteiger charge is -2.03. The number of oxazole rings is 1. The molecule has 1 aliphatic carbocycles. The molecule has 1 heterocycles. The summed E-state index contributed by atoms with van der Waals surface area (Å²) < 4.78 is 5.45. The summed E-state index contributed by atoms with van der Waals surface area (Å²) in [7, 11) is 0. The highest BCUT2D eigenvalue weighted by atomic mass is 16.4. The van der Waals surface area contributed by atoms with E-state index in [0.717, 1.165) is 11.1 Å². The second-order valence-corrected chi connectivity index (χ2v) is 5.22. The van der Waals surface area contributed by atoms with Crippen LogP contribution in [0.3, 0.4) is 0 Å². The van der Waals surface area contributed by atoms with E-state index in [-0.39, 0.29) is 0 Å². The van der Waals surface area contributed by atoms with Crippen LogP contribution < -0.4 is 0 Å². The van der Waals surface area contributed by atoms with Crippen LogP contribution in [0.25, 0.3) is 11.5 Å². The third kappa shape index (κ3) is 1.84. The summed E-state index contributed by atoms with van der Waals surface area (Å²) in [5.74, 6) is -0.321. The van der Waals surface area contributed by atoms with Gasteiger partial charge in [0, 0.05) is 5.56 Å². The number of carboxylic acids is 1. The Balaban J connectivity index is 1.97. The van der Waals surface area contributed by atoms with Gasteiger partial charge in [0.05, 0.1) is 5.69 Å². The number of aromatic nitrogens is 1. The average Bonchev–Trinajstić information content (AvgIpc) is 3.05. The fourth-order valence-electron chi connectivity index (χ4n) is 2.21. The molecule has 0 aliphatic heterocycles. The zero-order valence-corrected chi connectivity index (χ0v) is 10.9. The minimum atomic E-state index is -0.813. The minimum Gasteiger partial charge on any atom is -0.481 e. The van der Waals surface area contributed by atoms with E-state index in [9.17, 15) is 9.90 Å². The van der Waals surface area contributed by atoms with Crippen LogP contribution in [-0.2, 0) is 10.2 Å². The van der Waals surface area contributed by atoms with Gasteiger partial charge >= 0.3 is 5.97 Å². The molecule has 2 aromatic rings. The first-order valence-corrected chi connectivity index (χ1v) is 6.30. The molecule has 1 fully saturated rings. The van der Waals surface area contributed by atoms with Crippen molar-refractivity contribution in [2.75, 3.05) is 0 Å². The number of benzene rings is 1. The van der Waals surface area contributed by atoms with Crippen LogP contribution in [0, 0.1) is 13.8 Å². The van der Waals surface area contributed by atoms with Crippen LogP contribution in [0.4, 0.5) is 0 Å². The van der Waals surface area contributed by atoms with Gasteiger partial charge < -0.3 is 9.52 Å². The van der Waals surface area contributed by atoms with Gasteiger partial charge in [0.1, 0.15) is 11.7 Å². The summed E-state index contributed by atoms with van der Waals surface area (Å²) in [4.78, 5) is 15.6. The predicted octanol–water partition coefficient (Wildman–Crippen LogP) is 3.07. The topological polar surface area (TPSA) is 63.3 Å². The van der Waals surface area contributed by atoms with E-state index in [4.69, 9.17) is 4.42 Å². The number of nitrogens with zero attached hydrogens (tertiary/aromatic N) is 1. The lowest BCUT2D eigenvalue weighted by Crippen LogP contribution is -2.19. The molecular formula is C15H15NO3. The first kappa shape index (κ1) is 12.0. The molecule has 0 amide bonds. The molecule has 4 heteroatoms. The quantitative estimate of drug-likeness (QED) is 0.917. The second-order valence-electron chi connectivity index (χ2n) is 5.22. The first-order chi connectivity index (χ1) is 9.03. The minimum absolute atomic E-state index is 0.491. The number of aryl methyl sites for hydroxylation is 2. The van der Waals surface area contributed by atoms with Crippen molar-refractivity contribution >= 4 is 5.97 Å². The Kier molecular flexibility index (Phi) is 2.49. The summed E-state index contributed by atoms with van der Waals surface area (Å²) >= 11 is 0.